The van der Waals surface area contributed by atoms with Gasteiger partial charge in [0.2, 0.25) is 5.84 Å². The standard InChI is InChI=1S/C8H7Cl2N3O2/c9-4-1-2-6(5(10)3-4)12-8(14)7(11)13-15/h1-3,15H,(H2,11,13)(H,12,14). The van der Waals surface area contributed by atoms with Crippen LogP contribution in [0.1, 0.15) is 0 Å². The van der Waals surface area contributed by atoms with Crippen molar-refractivity contribution in [3.8, 4) is 0 Å². The second kappa shape index (κ2) is 4.86. The Bertz CT molecular complexity index is 420. The lowest BCUT2D eigenvalue weighted by Gasteiger charge is -2.05. The number of amides is 1. The number of benzene rings is 1. The van der Waals surface area contributed by atoms with Crippen molar-refractivity contribution in [2.75, 3.05) is 5.32 Å². The van der Waals surface area contributed by atoms with Gasteiger partial charge in [-0.2, -0.15) is 0 Å². The highest BCUT2D eigenvalue weighted by molar-refractivity contribution is 6.43. The topological polar surface area (TPSA) is 87.7 Å². The molecule has 0 aliphatic rings. The van der Waals surface area contributed by atoms with E-state index in [9.17, 15) is 4.79 Å². The van der Waals surface area contributed by atoms with Crippen molar-refractivity contribution in [2.24, 2.45) is 10.9 Å². The van der Waals surface area contributed by atoms with Crippen molar-refractivity contribution in [2.45, 2.75) is 0 Å². The molecule has 4 N–H and O–H groups in total. The Balaban J connectivity index is 2.86. The fourth-order valence-electron chi connectivity index (χ4n) is 0.823. The van der Waals surface area contributed by atoms with E-state index in [1.807, 2.05) is 0 Å². The monoisotopic (exact) mass is 247 g/mol. The SMILES string of the molecule is N/C(=N/O)C(=O)Nc1ccc(Cl)cc1Cl. The molecule has 1 aromatic rings. The Hall–Kier alpha value is -1.46. The lowest BCUT2D eigenvalue weighted by Crippen LogP contribution is -2.30. The molecule has 1 aromatic carbocycles. The second-order valence-corrected chi connectivity index (χ2v) is 3.41. The predicted octanol–water partition coefficient (Wildman–Crippen LogP) is 1.68. The molecule has 0 radical (unpaired) electrons. The summed E-state index contributed by atoms with van der Waals surface area (Å²) in [5, 5.41) is 13.8. The van der Waals surface area contributed by atoms with Gasteiger partial charge in [-0.05, 0) is 18.2 Å². The molecule has 1 rings (SSSR count). The van der Waals surface area contributed by atoms with Gasteiger partial charge in [0.05, 0.1) is 10.7 Å². The molecule has 0 unspecified atom stereocenters. The first-order valence-electron chi connectivity index (χ1n) is 3.78. The zero-order valence-electron chi connectivity index (χ0n) is 7.37. The van der Waals surface area contributed by atoms with Crippen LogP contribution in [0, 0.1) is 0 Å². The fourth-order valence-corrected chi connectivity index (χ4v) is 1.28. The summed E-state index contributed by atoms with van der Waals surface area (Å²) in [6.07, 6.45) is 0. The van der Waals surface area contributed by atoms with Crippen molar-refractivity contribution in [1.82, 2.24) is 0 Å². The molecule has 0 saturated heterocycles. The van der Waals surface area contributed by atoms with Crippen LogP contribution in [0.4, 0.5) is 5.69 Å². The molecule has 15 heavy (non-hydrogen) atoms. The summed E-state index contributed by atoms with van der Waals surface area (Å²) in [5.74, 6) is -1.30. The molecular formula is C8H7Cl2N3O2. The van der Waals surface area contributed by atoms with E-state index in [-0.39, 0.29) is 5.02 Å². The van der Waals surface area contributed by atoms with Gasteiger partial charge in [-0.25, -0.2) is 0 Å². The van der Waals surface area contributed by atoms with E-state index in [4.69, 9.17) is 34.1 Å². The first kappa shape index (κ1) is 11.6. The molecule has 0 saturated carbocycles. The summed E-state index contributed by atoms with van der Waals surface area (Å²) in [4.78, 5) is 11.2. The molecule has 0 spiro atoms. The molecule has 7 heteroatoms. The number of carbonyl (C=O) groups is 1. The third-order valence-corrected chi connectivity index (χ3v) is 2.07. The fraction of sp³-hybridized carbons (Fsp3) is 0. The molecule has 0 aliphatic heterocycles. The Labute approximate surface area is 95.5 Å². The highest BCUT2D eigenvalue weighted by Crippen LogP contribution is 2.25. The molecule has 0 heterocycles. The normalized spacial score (nSPS) is 11.2. The number of carbonyl (C=O) groups excluding carboxylic acids is 1. The van der Waals surface area contributed by atoms with Crippen LogP contribution in [0.25, 0.3) is 0 Å². The molecule has 0 bridgehead atoms. The molecular weight excluding hydrogens is 241 g/mol. The van der Waals surface area contributed by atoms with E-state index in [0.29, 0.717) is 10.7 Å². The Kier molecular flexibility index (Phi) is 3.76. The van der Waals surface area contributed by atoms with Gasteiger partial charge in [0.1, 0.15) is 0 Å². The summed E-state index contributed by atoms with van der Waals surface area (Å²) < 4.78 is 0. The van der Waals surface area contributed by atoms with Crippen molar-refractivity contribution < 1.29 is 10.0 Å². The Morgan fingerprint density at radius 1 is 1.47 bits per heavy atom. The Morgan fingerprint density at radius 3 is 2.67 bits per heavy atom. The molecule has 1 amide bonds. The van der Waals surface area contributed by atoms with E-state index in [0.717, 1.165) is 0 Å². The van der Waals surface area contributed by atoms with Gasteiger partial charge < -0.3 is 16.3 Å². The van der Waals surface area contributed by atoms with Crippen molar-refractivity contribution in [1.29, 1.82) is 0 Å². The van der Waals surface area contributed by atoms with Gasteiger partial charge in [0, 0.05) is 5.02 Å². The van der Waals surface area contributed by atoms with Gasteiger partial charge in [-0.1, -0.05) is 28.4 Å². The van der Waals surface area contributed by atoms with Crippen LogP contribution < -0.4 is 11.1 Å². The lowest BCUT2D eigenvalue weighted by atomic mass is 10.3. The van der Waals surface area contributed by atoms with Crippen molar-refractivity contribution in [3.05, 3.63) is 28.2 Å². The van der Waals surface area contributed by atoms with Crippen molar-refractivity contribution in [3.63, 3.8) is 0 Å². The van der Waals surface area contributed by atoms with Crippen LogP contribution in [-0.2, 0) is 4.79 Å². The summed E-state index contributed by atoms with van der Waals surface area (Å²) in [6, 6.07) is 4.52. The van der Waals surface area contributed by atoms with Crippen LogP contribution in [0.15, 0.2) is 23.4 Å². The van der Waals surface area contributed by atoms with E-state index in [2.05, 4.69) is 10.5 Å². The number of oxime groups is 1. The van der Waals surface area contributed by atoms with Gasteiger partial charge in [0.15, 0.2) is 0 Å². The van der Waals surface area contributed by atoms with Gasteiger partial charge in [-0.3, -0.25) is 4.79 Å². The number of hydrogen-bond donors (Lipinski definition) is 3. The van der Waals surface area contributed by atoms with Crippen LogP contribution >= 0.6 is 23.2 Å². The van der Waals surface area contributed by atoms with Gasteiger partial charge in [0.25, 0.3) is 5.91 Å². The molecule has 0 aliphatic carbocycles. The maximum Gasteiger partial charge on any atom is 0.294 e. The highest BCUT2D eigenvalue weighted by atomic mass is 35.5. The molecule has 0 atom stereocenters. The van der Waals surface area contributed by atoms with E-state index in [1.54, 1.807) is 6.07 Å². The number of amidine groups is 1. The smallest absolute Gasteiger partial charge is 0.294 e. The van der Waals surface area contributed by atoms with Crippen LogP contribution in [0.3, 0.4) is 0 Å². The third-order valence-electron chi connectivity index (χ3n) is 1.52. The average molecular weight is 248 g/mol. The van der Waals surface area contributed by atoms with Gasteiger partial charge in [-0.15, -0.1) is 0 Å². The maximum absolute atomic E-state index is 11.2. The Morgan fingerprint density at radius 2 is 2.13 bits per heavy atom. The highest BCUT2D eigenvalue weighted by Gasteiger charge is 2.10. The number of anilines is 1. The third kappa shape index (κ3) is 3.00. The van der Waals surface area contributed by atoms with Crippen molar-refractivity contribution >= 4 is 40.6 Å². The number of halogens is 2. The minimum atomic E-state index is -0.748. The van der Waals surface area contributed by atoms with E-state index < -0.39 is 11.7 Å². The molecule has 0 fully saturated rings. The number of nitrogens with zero attached hydrogens (tertiary/aromatic N) is 1. The minimum Gasteiger partial charge on any atom is -0.409 e. The first-order valence-corrected chi connectivity index (χ1v) is 4.54. The average Bonchev–Trinajstić information content (AvgIpc) is 2.20. The van der Waals surface area contributed by atoms with E-state index in [1.165, 1.54) is 12.1 Å². The van der Waals surface area contributed by atoms with Crippen LogP contribution in [0.5, 0.6) is 0 Å². The number of hydrogen-bond acceptors (Lipinski definition) is 3. The largest absolute Gasteiger partial charge is 0.409 e. The summed E-state index contributed by atoms with van der Waals surface area (Å²) in [5.41, 5.74) is 5.39. The second-order valence-electron chi connectivity index (χ2n) is 2.56. The zero-order valence-corrected chi connectivity index (χ0v) is 8.88. The number of rotatable bonds is 1. The maximum atomic E-state index is 11.2. The summed E-state index contributed by atoms with van der Waals surface area (Å²) in [6.45, 7) is 0. The van der Waals surface area contributed by atoms with Crippen LogP contribution in [-0.4, -0.2) is 17.0 Å². The summed E-state index contributed by atoms with van der Waals surface area (Å²) >= 11 is 11.4. The van der Waals surface area contributed by atoms with E-state index >= 15 is 0 Å². The zero-order chi connectivity index (χ0) is 11.4. The minimum absolute atomic E-state index is 0.265. The number of nitrogens with two attached hydrogens (primary N) is 1. The molecule has 0 aromatic heterocycles. The number of nitrogens with one attached hydrogen (secondary N) is 1. The lowest BCUT2D eigenvalue weighted by molar-refractivity contribution is -0.110. The molecule has 80 valence electrons. The van der Waals surface area contributed by atoms with Gasteiger partial charge >= 0.3 is 0 Å². The summed E-state index contributed by atoms with van der Waals surface area (Å²) in [7, 11) is 0. The predicted molar refractivity (Wildman–Crippen MR) is 58.5 cm³/mol. The first-order chi connectivity index (χ1) is 7.04. The molecule has 5 nitrogen and oxygen atoms in total. The quantitative estimate of drug-likeness (QED) is 0.306. The van der Waals surface area contributed by atoms with Crippen LogP contribution in [0.2, 0.25) is 10.0 Å².